The maximum Gasteiger partial charge on any atom is 0.159 e. The van der Waals surface area contributed by atoms with Crippen molar-refractivity contribution in [1.29, 1.82) is 0 Å². The number of aromatic amines is 2. The number of H-pyrrole nitrogens is 2. The van der Waals surface area contributed by atoms with Gasteiger partial charge in [-0.3, -0.25) is 15.1 Å². The highest BCUT2D eigenvalue weighted by molar-refractivity contribution is 5.97. The molecule has 4 aromatic rings. The van der Waals surface area contributed by atoms with Crippen molar-refractivity contribution in [1.82, 2.24) is 35.0 Å². The Morgan fingerprint density at radius 2 is 2.08 bits per heavy atom. The summed E-state index contributed by atoms with van der Waals surface area (Å²) in [6, 6.07) is 4.03. The third-order valence-electron chi connectivity index (χ3n) is 6.40. The van der Waals surface area contributed by atoms with Crippen molar-refractivity contribution in [2.24, 2.45) is 0 Å². The molecule has 0 radical (unpaired) electrons. The lowest BCUT2D eigenvalue weighted by atomic mass is 10.0. The fourth-order valence-electron chi connectivity index (χ4n) is 4.48. The number of pyridine rings is 2. The van der Waals surface area contributed by atoms with Gasteiger partial charge in [-0.15, -0.1) is 0 Å². The minimum absolute atomic E-state index is 0.707. The maximum atomic E-state index is 4.91. The lowest BCUT2D eigenvalue weighted by Crippen LogP contribution is -2.12. The standard InChI is InChI=1S/C29H31N7/c1-5-19(10-9-15-36(3)4)16-20(6-2)24-17-22-25(18-31-24)34-35-27(22)29-32-23-13-14-30-26(28(23)33-29)21-11-7-8-12-21/h5-7,11-14,16-18H,1,8-10,15H2,2-4H3,(H,32,33)(H,34,35)/b19-16+,20-6+. The molecule has 7 nitrogen and oxygen atoms in total. The number of nitrogens with zero attached hydrogens (tertiary/aromatic N) is 5. The van der Waals surface area contributed by atoms with Gasteiger partial charge in [0.1, 0.15) is 11.2 Å². The first kappa shape index (κ1) is 23.6. The first-order valence-corrected chi connectivity index (χ1v) is 12.3. The van der Waals surface area contributed by atoms with E-state index in [4.69, 9.17) is 9.97 Å². The van der Waals surface area contributed by atoms with Gasteiger partial charge in [-0.05, 0) is 81.8 Å². The number of hydrogen-bond acceptors (Lipinski definition) is 5. The second-order valence-electron chi connectivity index (χ2n) is 9.20. The Balaban J connectivity index is 1.51. The highest BCUT2D eigenvalue weighted by atomic mass is 15.1. The van der Waals surface area contributed by atoms with Gasteiger partial charge in [0, 0.05) is 11.6 Å². The van der Waals surface area contributed by atoms with Crippen LogP contribution in [0.1, 0.15) is 37.6 Å². The number of fused-ring (bicyclic) bond motifs is 2. The summed E-state index contributed by atoms with van der Waals surface area (Å²) >= 11 is 0. The van der Waals surface area contributed by atoms with Gasteiger partial charge in [0.2, 0.25) is 0 Å². The average Bonchev–Trinajstić information content (AvgIpc) is 3.64. The molecule has 1 aliphatic carbocycles. The Kier molecular flexibility index (Phi) is 6.73. The zero-order chi connectivity index (χ0) is 25.1. The zero-order valence-electron chi connectivity index (χ0n) is 21.0. The van der Waals surface area contributed by atoms with Crippen LogP contribution in [0.3, 0.4) is 0 Å². The molecule has 0 aromatic carbocycles. The van der Waals surface area contributed by atoms with Gasteiger partial charge in [-0.2, -0.15) is 5.10 Å². The second-order valence-corrected chi connectivity index (χ2v) is 9.20. The van der Waals surface area contributed by atoms with E-state index in [1.165, 1.54) is 5.57 Å². The van der Waals surface area contributed by atoms with E-state index in [-0.39, 0.29) is 0 Å². The van der Waals surface area contributed by atoms with E-state index in [9.17, 15) is 0 Å². The Morgan fingerprint density at radius 3 is 2.83 bits per heavy atom. The van der Waals surface area contributed by atoms with Crippen LogP contribution in [0.4, 0.5) is 0 Å². The molecule has 0 saturated carbocycles. The topological polar surface area (TPSA) is 86.4 Å². The molecule has 4 aromatic heterocycles. The average molecular weight is 478 g/mol. The molecule has 0 amide bonds. The predicted molar refractivity (Wildman–Crippen MR) is 148 cm³/mol. The first-order chi connectivity index (χ1) is 17.6. The second kappa shape index (κ2) is 10.3. The summed E-state index contributed by atoms with van der Waals surface area (Å²) in [5, 5.41) is 8.66. The van der Waals surface area contributed by atoms with Crippen molar-refractivity contribution in [3.63, 3.8) is 0 Å². The van der Waals surface area contributed by atoms with Crippen LogP contribution >= 0.6 is 0 Å². The monoisotopic (exact) mass is 477 g/mol. The molecule has 0 unspecified atom stereocenters. The number of hydrogen-bond donors (Lipinski definition) is 2. The van der Waals surface area contributed by atoms with Gasteiger partial charge >= 0.3 is 0 Å². The van der Waals surface area contributed by atoms with Gasteiger partial charge in [0.25, 0.3) is 0 Å². The summed E-state index contributed by atoms with van der Waals surface area (Å²) < 4.78 is 0. The SMILES string of the molecule is C=C/C(=C\C(=C/C)c1cc2c(-c3nc4c(C5=CCC=C5)nccc4[nH]3)n[nH]c2cn1)CCCN(C)C. The largest absolute Gasteiger partial charge is 0.336 e. The highest BCUT2D eigenvalue weighted by Crippen LogP contribution is 2.31. The highest BCUT2D eigenvalue weighted by Gasteiger charge is 2.17. The summed E-state index contributed by atoms with van der Waals surface area (Å²) in [4.78, 5) is 19.9. The van der Waals surface area contributed by atoms with Crippen LogP contribution in [0.25, 0.3) is 44.6 Å². The van der Waals surface area contributed by atoms with E-state index in [0.29, 0.717) is 5.82 Å². The van der Waals surface area contributed by atoms with E-state index in [1.807, 2.05) is 31.5 Å². The molecule has 0 fully saturated rings. The Bertz CT molecular complexity index is 1540. The number of allylic oxidation sites excluding steroid dienone is 9. The third kappa shape index (κ3) is 4.70. The Labute approximate surface area is 211 Å². The van der Waals surface area contributed by atoms with Crippen LogP contribution in [-0.4, -0.2) is 55.7 Å². The number of rotatable bonds is 9. The number of aromatic nitrogens is 6. The lowest BCUT2D eigenvalue weighted by Gasteiger charge is -2.10. The molecule has 0 spiro atoms. The Hall–Kier alpha value is -4.10. The van der Waals surface area contributed by atoms with Crippen molar-refractivity contribution in [2.75, 3.05) is 20.6 Å². The molecule has 0 bridgehead atoms. The molecule has 0 atom stereocenters. The predicted octanol–water partition coefficient (Wildman–Crippen LogP) is 6.10. The van der Waals surface area contributed by atoms with E-state index in [1.54, 1.807) is 0 Å². The maximum absolute atomic E-state index is 4.91. The zero-order valence-corrected chi connectivity index (χ0v) is 21.0. The molecule has 0 saturated heterocycles. The van der Waals surface area contributed by atoms with Gasteiger partial charge in [-0.1, -0.05) is 37.0 Å². The van der Waals surface area contributed by atoms with Crippen molar-refractivity contribution in [3.8, 4) is 11.5 Å². The van der Waals surface area contributed by atoms with Crippen LogP contribution in [0, 0.1) is 0 Å². The van der Waals surface area contributed by atoms with Crippen molar-refractivity contribution in [3.05, 3.63) is 84.5 Å². The number of nitrogens with one attached hydrogen (secondary N) is 2. The summed E-state index contributed by atoms with van der Waals surface area (Å²) in [5.74, 6) is 0.707. The van der Waals surface area contributed by atoms with E-state index in [0.717, 1.165) is 76.0 Å². The first-order valence-electron chi connectivity index (χ1n) is 12.3. The molecule has 4 heterocycles. The van der Waals surface area contributed by atoms with Crippen LogP contribution in [-0.2, 0) is 0 Å². The summed E-state index contributed by atoms with van der Waals surface area (Å²) in [5.41, 5.74) is 8.55. The lowest BCUT2D eigenvalue weighted by molar-refractivity contribution is 0.400. The summed E-state index contributed by atoms with van der Waals surface area (Å²) in [6.07, 6.45) is 19.2. The van der Waals surface area contributed by atoms with Gasteiger partial charge < -0.3 is 9.88 Å². The molecular weight excluding hydrogens is 446 g/mol. The molecule has 1 aliphatic rings. The van der Waals surface area contributed by atoms with Crippen LogP contribution in [0.5, 0.6) is 0 Å². The molecule has 5 rings (SSSR count). The fraction of sp³-hybridized carbons (Fsp3) is 0.241. The minimum Gasteiger partial charge on any atom is -0.336 e. The minimum atomic E-state index is 0.707. The van der Waals surface area contributed by atoms with Gasteiger partial charge in [0.05, 0.1) is 28.6 Å². The van der Waals surface area contributed by atoms with Crippen LogP contribution in [0.2, 0.25) is 0 Å². The fourth-order valence-corrected chi connectivity index (χ4v) is 4.48. The molecular formula is C29H31N7. The summed E-state index contributed by atoms with van der Waals surface area (Å²) in [6.45, 7) is 7.10. The van der Waals surface area contributed by atoms with E-state index in [2.05, 4.69) is 82.2 Å². The molecule has 2 N–H and O–H groups in total. The third-order valence-corrected chi connectivity index (χ3v) is 6.40. The van der Waals surface area contributed by atoms with Gasteiger partial charge in [-0.25, -0.2) is 4.98 Å². The van der Waals surface area contributed by atoms with E-state index < -0.39 is 0 Å². The number of imidazole rings is 1. The molecule has 36 heavy (non-hydrogen) atoms. The van der Waals surface area contributed by atoms with Crippen LogP contribution in [0.15, 0.2) is 73.1 Å². The van der Waals surface area contributed by atoms with E-state index >= 15 is 0 Å². The molecule has 182 valence electrons. The van der Waals surface area contributed by atoms with Crippen molar-refractivity contribution in [2.45, 2.75) is 26.2 Å². The summed E-state index contributed by atoms with van der Waals surface area (Å²) in [7, 11) is 4.19. The van der Waals surface area contributed by atoms with Crippen molar-refractivity contribution < 1.29 is 0 Å². The van der Waals surface area contributed by atoms with Crippen LogP contribution < -0.4 is 0 Å². The normalized spacial score (nSPS) is 14.4. The quantitative estimate of drug-likeness (QED) is 0.285. The Morgan fingerprint density at radius 1 is 1.19 bits per heavy atom. The smallest absolute Gasteiger partial charge is 0.159 e. The van der Waals surface area contributed by atoms with Crippen molar-refractivity contribution >= 4 is 33.1 Å². The molecule has 7 heteroatoms. The van der Waals surface area contributed by atoms with Gasteiger partial charge in [0.15, 0.2) is 5.82 Å². The molecule has 0 aliphatic heterocycles.